The van der Waals surface area contributed by atoms with Gasteiger partial charge in [0.25, 0.3) is 0 Å². The molecule has 0 radical (unpaired) electrons. The molecule has 0 aliphatic rings. The van der Waals surface area contributed by atoms with Crippen LogP contribution in [0.1, 0.15) is 20.8 Å². The Morgan fingerprint density at radius 3 is 2.21 bits per heavy atom. The number of nitrogens with zero attached hydrogens (tertiary/aromatic N) is 1. The zero-order chi connectivity index (χ0) is 11.4. The first-order valence-electron chi connectivity index (χ1n) is 4.39. The van der Waals surface area contributed by atoms with Crippen molar-refractivity contribution in [3.63, 3.8) is 0 Å². The number of alkyl halides is 3. The number of rotatable bonds is 3. The highest BCUT2D eigenvalue weighted by Gasteiger charge is 2.28. The molecule has 0 fully saturated rings. The summed E-state index contributed by atoms with van der Waals surface area (Å²) in [6.45, 7) is 4.32. The third-order valence-electron chi connectivity index (χ3n) is 1.66. The van der Waals surface area contributed by atoms with Gasteiger partial charge >= 0.3 is 12.2 Å². The predicted octanol–water partition coefficient (Wildman–Crippen LogP) is 1.99. The number of nitrogens with one attached hydrogen (secondary N) is 1. The van der Waals surface area contributed by atoms with Crippen LogP contribution in [0.15, 0.2) is 0 Å². The van der Waals surface area contributed by atoms with Gasteiger partial charge in [-0.25, -0.2) is 4.79 Å². The average molecular weight is 212 g/mol. The van der Waals surface area contributed by atoms with Crippen LogP contribution in [0, 0.1) is 0 Å². The number of hydrogen-bond acceptors (Lipinski definition) is 1. The molecule has 6 heteroatoms. The maximum absolute atomic E-state index is 11.8. The normalized spacial score (nSPS) is 11.6. The summed E-state index contributed by atoms with van der Waals surface area (Å²) in [7, 11) is 0. The van der Waals surface area contributed by atoms with E-state index in [1.54, 1.807) is 20.8 Å². The van der Waals surface area contributed by atoms with Gasteiger partial charge in [-0.15, -0.1) is 0 Å². The lowest BCUT2D eigenvalue weighted by Crippen LogP contribution is -2.46. The molecule has 84 valence electrons. The molecule has 0 aromatic carbocycles. The Kier molecular flexibility index (Phi) is 4.73. The predicted molar refractivity (Wildman–Crippen MR) is 47.0 cm³/mol. The third kappa shape index (κ3) is 4.94. The lowest BCUT2D eigenvalue weighted by molar-refractivity contribution is -0.123. The van der Waals surface area contributed by atoms with E-state index in [9.17, 15) is 18.0 Å². The van der Waals surface area contributed by atoms with Gasteiger partial charge in [-0.3, -0.25) is 0 Å². The van der Waals surface area contributed by atoms with E-state index in [0.29, 0.717) is 6.54 Å². The second kappa shape index (κ2) is 5.07. The summed E-state index contributed by atoms with van der Waals surface area (Å²) in [5, 5.41) is 1.82. The van der Waals surface area contributed by atoms with Gasteiger partial charge in [-0.05, 0) is 20.8 Å². The molecule has 0 aliphatic carbocycles. The quantitative estimate of drug-likeness (QED) is 0.762. The SMILES string of the molecule is CCN(C(=O)NCC(F)(F)F)C(C)C. The van der Waals surface area contributed by atoms with Crippen LogP contribution in [0.2, 0.25) is 0 Å². The zero-order valence-electron chi connectivity index (χ0n) is 8.48. The second-order valence-electron chi connectivity index (χ2n) is 3.15. The summed E-state index contributed by atoms with van der Waals surface area (Å²) in [6, 6.07) is -0.784. The Morgan fingerprint density at radius 2 is 1.93 bits per heavy atom. The Balaban J connectivity index is 4.06. The van der Waals surface area contributed by atoms with Gasteiger partial charge in [0.1, 0.15) is 6.54 Å². The summed E-state index contributed by atoms with van der Waals surface area (Å²) in [5.41, 5.74) is 0. The van der Waals surface area contributed by atoms with Gasteiger partial charge in [-0.1, -0.05) is 0 Å². The van der Waals surface area contributed by atoms with Crippen molar-refractivity contribution in [3.8, 4) is 0 Å². The van der Waals surface area contributed by atoms with Crippen molar-refractivity contribution >= 4 is 6.03 Å². The first-order chi connectivity index (χ1) is 6.28. The van der Waals surface area contributed by atoms with Crippen molar-refractivity contribution in [2.24, 2.45) is 0 Å². The van der Waals surface area contributed by atoms with Gasteiger partial charge < -0.3 is 10.2 Å². The highest BCUT2D eigenvalue weighted by molar-refractivity contribution is 5.74. The maximum Gasteiger partial charge on any atom is 0.405 e. The van der Waals surface area contributed by atoms with Crippen LogP contribution in [-0.2, 0) is 0 Å². The highest BCUT2D eigenvalue weighted by Crippen LogP contribution is 2.12. The van der Waals surface area contributed by atoms with Crippen LogP contribution in [0.25, 0.3) is 0 Å². The van der Waals surface area contributed by atoms with Crippen molar-refractivity contribution in [1.82, 2.24) is 10.2 Å². The molecule has 0 saturated heterocycles. The van der Waals surface area contributed by atoms with Crippen LogP contribution in [0.3, 0.4) is 0 Å². The van der Waals surface area contributed by atoms with Gasteiger partial charge in [0, 0.05) is 12.6 Å². The Bertz CT molecular complexity index is 192. The molecule has 0 spiro atoms. The van der Waals surface area contributed by atoms with E-state index in [2.05, 4.69) is 0 Å². The van der Waals surface area contributed by atoms with E-state index >= 15 is 0 Å². The van der Waals surface area contributed by atoms with E-state index in [4.69, 9.17) is 0 Å². The molecule has 0 aromatic heterocycles. The van der Waals surface area contributed by atoms with Crippen molar-refractivity contribution in [3.05, 3.63) is 0 Å². The molecule has 0 heterocycles. The molecule has 2 amide bonds. The molecular formula is C8H15F3N2O. The minimum Gasteiger partial charge on any atom is -0.329 e. The van der Waals surface area contributed by atoms with E-state index < -0.39 is 18.8 Å². The molecule has 0 atom stereocenters. The zero-order valence-corrected chi connectivity index (χ0v) is 8.48. The molecule has 0 saturated carbocycles. The average Bonchev–Trinajstić information content (AvgIpc) is 2.00. The van der Waals surface area contributed by atoms with Gasteiger partial charge in [0.2, 0.25) is 0 Å². The Labute approximate surface area is 81.3 Å². The first kappa shape index (κ1) is 13.1. The van der Waals surface area contributed by atoms with Crippen molar-refractivity contribution in [1.29, 1.82) is 0 Å². The van der Waals surface area contributed by atoms with Crippen molar-refractivity contribution < 1.29 is 18.0 Å². The smallest absolute Gasteiger partial charge is 0.329 e. The van der Waals surface area contributed by atoms with Crippen LogP contribution in [0.5, 0.6) is 0 Å². The minimum atomic E-state index is -4.36. The van der Waals surface area contributed by atoms with Gasteiger partial charge in [-0.2, -0.15) is 13.2 Å². The van der Waals surface area contributed by atoms with Crippen molar-refractivity contribution in [2.75, 3.05) is 13.1 Å². The molecule has 0 unspecified atom stereocenters. The van der Waals surface area contributed by atoms with E-state index in [1.807, 2.05) is 5.32 Å². The summed E-state index contributed by atoms with van der Waals surface area (Å²) < 4.78 is 35.3. The fraction of sp³-hybridized carbons (Fsp3) is 0.875. The molecule has 0 rings (SSSR count). The Morgan fingerprint density at radius 1 is 1.43 bits per heavy atom. The fourth-order valence-electron chi connectivity index (χ4n) is 1.02. The summed E-state index contributed by atoms with van der Waals surface area (Å²) in [5.74, 6) is 0. The van der Waals surface area contributed by atoms with E-state index in [1.165, 1.54) is 4.90 Å². The van der Waals surface area contributed by atoms with Crippen LogP contribution in [0.4, 0.5) is 18.0 Å². The number of carbonyl (C=O) groups excluding carboxylic acids is 1. The van der Waals surface area contributed by atoms with E-state index in [-0.39, 0.29) is 6.04 Å². The molecule has 0 aliphatic heterocycles. The summed E-state index contributed by atoms with van der Waals surface area (Å²) in [6.07, 6.45) is -4.36. The summed E-state index contributed by atoms with van der Waals surface area (Å²) >= 11 is 0. The topological polar surface area (TPSA) is 32.3 Å². The van der Waals surface area contributed by atoms with E-state index in [0.717, 1.165) is 0 Å². The number of hydrogen-bond donors (Lipinski definition) is 1. The lowest BCUT2D eigenvalue weighted by atomic mass is 10.3. The van der Waals surface area contributed by atoms with Gasteiger partial charge in [0.05, 0.1) is 0 Å². The maximum atomic E-state index is 11.8. The molecule has 0 aromatic rings. The van der Waals surface area contributed by atoms with Gasteiger partial charge in [0.15, 0.2) is 0 Å². The Hall–Kier alpha value is -0.940. The fourth-order valence-corrected chi connectivity index (χ4v) is 1.02. The molecule has 14 heavy (non-hydrogen) atoms. The largest absolute Gasteiger partial charge is 0.405 e. The molecule has 0 bridgehead atoms. The third-order valence-corrected chi connectivity index (χ3v) is 1.66. The lowest BCUT2D eigenvalue weighted by Gasteiger charge is -2.25. The van der Waals surface area contributed by atoms with Crippen LogP contribution in [-0.4, -0.2) is 36.2 Å². The first-order valence-corrected chi connectivity index (χ1v) is 4.39. The number of amides is 2. The summed E-state index contributed by atoms with van der Waals surface area (Å²) in [4.78, 5) is 12.5. The molecular weight excluding hydrogens is 197 g/mol. The monoisotopic (exact) mass is 212 g/mol. The van der Waals surface area contributed by atoms with Crippen molar-refractivity contribution in [2.45, 2.75) is 33.0 Å². The molecule has 1 N–H and O–H groups in total. The number of carbonyl (C=O) groups is 1. The number of halogens is 3. The van der Waals surface area contributed by atoms with Crippen LogP contribution < -0.4 is 5.32 Å². The standard InChI is InChI=1S/C8H15F3N2O/c1-4-13(6(2)3)7(14)12-5-8(9,10)11/h6H,4-5H2,1-3H3,(H,12,14). The van der Waals surface area contributed by atoms with Crippen LogP contribution >= 0.6 is 0 Å². The highest BCUT2D eigenvalue weighted by atomic mass is 19.4. The number of urea groups is 1. The molecule has 3 nitrogen and oxygen atoms in total. The minimum absolute atomic E-state index is 0.103. The second-order valence-corrected chi connectivity index (χ2v) is 3.15.